The van der Waals surface area contributed by atoms with E-state index in [1.54, 1.807) is 12.1 Å². The number of aromatic nitrogens is 1. The first-order valence-corrected chi connectivity index (χ1v) is 5.07. The predicted molar refractivity (Wildman–Crippen MR) is 61.1 cm³/mol. The molecule has 0 aliphatic rings. The Morgan fingerprint density at radius 3 is 2.47 bits per heavy atom. The molecule has 2 aromatic rings. The number of rotatable bonds is 3. The zero-order valence-electron chi connectivity index (χ0n) is 9.34. The van der Waals surface area contributed by atoms with E-state index in [1.807, 2.05) is 0 Å². The van der Waals surface area contributed by atoms with E-state index in [0.717, 1.165) is 0 Å². The van der Waals surface area contributed by atoms with Crippen LogP contribution in [0.25, 0.3) is 0 Å². The number of hydrogen-bond donors (Lipinski definition) is 1. The van der Waals surface area contributed by atoms with Gasteiger partial charge in [0.1, 0.15) is 5.82 Å². The fourth-order valence-electron chi connectivity index (χ4n) is 1.46. The van der Waals surface area contributed by atoms with E-state index in [-0.39, 0.29) is 0 Å². The third kappa shape index (κ3) is 2.57. The second kappa shape index (κ2) is 4.84. The second-order valence-electron chi connectivity index (χ2n) is 3.57. The van der Waals surface area contributed by atoms with Gasteiger partial charge in [-0.3, -0.25) is 25.0 Å². The Morgan fingerprint density at radius 1 is 1.26 bits per heavy atom. The molecule has 1 N–H and O–H groups in total. The first-order chi connectivity index (χ1) is 8.99. The van der Waals surface area contributed by atoms with Crippen molar-refractivity contribution in [2.45, 2.75) is 0 Å². The minimum absolute atomic E-state index is 0.418. The van der Waals surface area contributed by atoms with Crippen LogP contribution in [0.15, 0.2) is 36.7 Å². The van der Waals surface area contributed by atoms with Crippen LogP contribution in [-0.2, 0) is 0 Å². The Morgan fingerprint density at radius 2 is 1.89 bits per heavy atom. The van der Waals surface area contributed by atoms with E-state index in [1.165, 1.54) is 17.1 Å². The molecule has 19 heavy (non-hydrogen) atoms. The summed E-state index contributed by atoms with van der Waals surface area (Å²) in [4.78, 5) is 21.1. The molecule has 0 radical (unpaired) electrons. The van der Waals surface area contributed by atoms with Crippen LogP contribution in [0.1, 0.15) is 10.4 Å². The normalized spacial score (nSPS) is 10.2. The minimum atomic E-state index is -1.38. The molecule has 1 amide bonds. The Hall–Kier alpha value is -2.77. The van der Waals surface area contributed by atoms with Crippen molar-refractivity contribution in [2.75, 3.05) is 5.43 Å². The van der Waals surface area contributed by atoms with Crippen LogP contribution >= 0.6 is 0 Å². The highest BCUT2D eigenvalue weighted by molar-refractivity contribution is 6.00. The molecule has 1 heterocycles. The number of carbonyl (C=O) groups excluding carboxylic acids is 1. The van der Waals surface area contributed by atoms with Gasteiger partial charge in [-0.25, -0.2) is 4.39 Å². The SMILES string of the molecule is O=C(Nn1cccc1)c1cc(F)cc([N+](=O)[O-])c1F. The van der Waals surface area contributed by atoms with E-state index < -0.39 is 33.7 Å². The minimum Gasteiger partial charge on any atom is -0.268 e. The molecule has 0 atom stereocenters. The number of nitro benzene ring substituents is 1. The molecule has 0 fully saturated rings. The topological polar surface area (TPSA) is 77.2 Å². The van der Waals surface area contributed by atoms with Gasteiger partial charge in [-0.2, -0.15) is 4.39 Å². The van der Waals surface area contributed by atoms with Crippen molar-refractivity contribution in [3.63, 3.8) is 0 Å². The maximum atomic E-state index is 13.7. The molecule has 0 saturated carbocycles. The van der Waals surface area contributed by atoms with Crippen LogP contribution in [0.4, 0.5) is 14.5 Å². The van der Waals surface area contributed by atoms with E-state index in [9.17, 15) is 23.7 Å². The maximum Gasteiger partial charge on any atom is 0.308 e. The highest BCUT2D eigenvalue weighted by Crippen LogP contribution is 2.22. The van der Waals surface area contributed by atoms with Gasteiger partial charge in [0.25, 0.3) is 5.91 Å². The van der Waals surface area contributed by atoms with Gasteiger partial charge in [-0.15, -0.1) is 0 Å². The van der Waals surface area contributed by atoms with Gasteiger partial charge < -0.3 is 0 Å². The lowest BCUT2D eigenvalue weighted by atomic mass is 10.1. The fraction of sp³-hybridized carbons (Fsp3) is 0. The molecule has 0 unspecified atom stereocenters. The van der Waals surface area contributed by atoms with Gasteiger partial charge in [-0.05, 0) is 18.2 Å². The molecular weight excluding hydrogens is 260 g/mol. The highest BCUT2D eigenvalue weighted by atomic mass is 19.1. The highest BCUT2D eigenvalue weighted by Gasteiger charge is 2.24. The smallest absolute Gasteiger partial charge is 0.268 e. The average Bonchev–Trinajstić information content (AvgIpc) is 2.84. The number of nitro groups is 1. The second-order valence-corrected chi connectivity index (χ2v) is 3.57. The summed E-state index contributed by atoms with van der Waals surface area (Å²) < 4.78 is 28.1. The standard InChI is InChI=1S/C11H7F2N3O3/c12-7-5-8(10(13)9(6-7)16(18)19)11(17)14-15-3-1-2-4-15/h1-6H,(H,14,17). The maximum absolute atomic E-state index is 13.7. The molecule has 98 valence electrons. The first kappa shape index (κ1) is 12.7. The zero-order chi connectivity index (χ0) is 14.0. The molecule has 1 aromatic heterocycles. The molecule has 1 aromatic carbocycles. The molecule has 0 spiro atoms. The number of nitrogens with one attached hydrogen (secondary N) is 1. The predicted octanol–water partition coefficient (Wildman–Crippen LogP) is 2.06. The number of carbonyl (C=O) groups is 1. The van der Waals surface area contributed by atoms with Crippen LogP contribution < -0.4 is 5.43 Å². The van der Waals surface area contributed by atoms with Gasteiger partial charge in [0.2, 0.25) is 5.82 Å². The number of benzene rings is 1. The van der Waals surface area contributed by atoms with Gasteiger partial charge in [0.05, 0.1) is 16.6 Å². The molecule has 8 heteroatoms. The Bertz CT molecular complexity index is 641. The van der Waals surface area contributed by atoms with Crippen LogP contribution in [0.5, 0.6) is 0 Å². The van der Waals surface area contributed by atoms with Gasteiger partial charge in [0, 0.05) is 12.4 Å². The summed E-state index contributed by atoms with van der Waals surface area (Å²) in [5.41, 5.74) is 0.400. The lowest BCUT2D eigenvalue weighted by Gasteiger charge is -2.07. The van der Waals surface area contributed by atoms with Gasteiger partial charge in [0.15, 0.2) is 0 Å². The number of nitrogens with zero attached hydrogens (tertiary/aromatic N) is 2. The summed E-state index contributed by atoms with van der Waals surface area (Å²) in [6, 6.07) is 4.22. The lowest BCUT2D eigenvalue weighted by molar-refractivity contribution is -0.387. The third-order valence-electron chi connectivity index (χ3n) is 2.29. The van der Waals surface area contributed by atoms with Crippen molar-refractivity contribution in [2.24, 2.45) is 0 Å². The molecule has 0 aliphatic carbocycles. The van der Waals surface area contributed by atoms with Crippen molar-refractivity contribution in [3.8, 4) is 0 Å². The molecule has 0 aliphatic heterocycles. The van der Waals surface area contributed by atoms with Crippen LogP contribution in [0.2, 0.25) is 0 Å². The number of halogens is 2. The summed E-state index contributed by atoms with van der Waals surface area (Å²) in [5, 5.41) is 10.5. The first-order valence-electron chi connectivity index (χ1n) is 5.07. The van der Waals surface area contributed by atoms with Gasteiger partial charge in [-0.1, -0.05) is 0 Å². The fourth-order valence-corrected chi connectivity index (χ4v) is 1.46. The Labute approximate surface area is 105 Å². The zero-order valence-corrected chi connectivity index (χ0v) is 9.34. The van der Waals surface area contributed by atoms with Crippen molar-refractivity contribution < 1.29 is 18.5 Å². The third-order valence-corrected chi connectivity index (χ3v) is 2.29. The largest absolute Gasteiger partial charge is 0.308 e. The summed E-state index contributed by atoms with van der Waals surface area (Å²) in [6.07, 6.45) is 2.92. The summed E-state index contributed by atoms with van der Waals surface area (Å²) in [6.45, 7) is 0. The van der Waals surface area contributed by atoms with Crippen LogP contribution in [0, 0.1) is 21.7 Å². The molecule has 0 bridgehead atoms. The van der Waals surface area contributed by atoms with Crippen molar-refractivity contribution in [1.29, 1.82) is 0 Å². The summed E-state index contributed by atoms with van der Waals surface area (Å²) >= 11 is 0. The van der Waals surface area contributed by atoms with E-state index in [2.05, 4.69) is 5.43 Å². The summed E-state index contributed by atoms with van der Waals surface area (Å²) in [5.74, 6) is -3.43. The Balaban J connectivity index is 2.39. The van der Waals surface area contributed by atoms with Crippen LogP contribution in [-0.4, -0.2) is 15.5 Å². The molecule has 6 nitrogen and oxygen atoms in total. The average molecular weight is 267 g/mol. The molecular formula is C11H7F2N3O3. The molecule has 0 saturated heterocycles. The van der Waals surface area contributed by atoms with E-state index in [4.69, 9.17) is 0 Å². The van der Waals surface area contributed by atoms with Crippen molar-refractivity contribution in [3.05, 3.63) is 64.0 Å². The quantitative estimate of drug-likeness (QED) is 0.683. The van der Waals surface area contributed by atoms with Crippen molar-refractivity contribution in [1.82, 2.24) is 4.68 Å². The van der Waals surface area contributed by atoms with Crippen molar-refractivity contribution >= 4 is 11.6 Å². The van der Waals surface area contributed by atoms with E-state index >= 15 is 0 Å². The van der Waals surface area contributed by atoms with Crippen LogP contribution in [0.3, 0.4) is 0 Å². The lowest BCUT2D eigenvalue weighted by Crippen LogP contribution is -2.23. The summed E-state index contributed by atoms with van der Waals surface area (Å²) in [7, 11) is 0. The number of amides is 1. The van der Waals surface area contributed by atoms with E-state index in [0.29, 0.717) is 12.1 Å². The van der Waals surface area contributed by atoms with Gasteiger partial charge >= 0.3 is 5.69 Å². The molecule has 2 rings (SSSR count). The Kier molecular flexibility index (Phi) is 3.23. The number of hydrogen-bond acceptors (Lipinski definition) is 3. The monoisotopic (exact) mass is 267 g/mol.